The summed E-state index contributed by atoms with van der Waals surface area (Å²) in [6, 6.07) is 14.7. The number of likely N-dealkylation sites (N-methyl/N-ethyl adjacent to an activating group) is 1. The molecule has 0 aromatic heterocycles. The highest BCUT2D eigenvalue weighted by atomic mass is 32.2. The Bertz CT molecular complexity index is 1210. The first kappa shape index (κ1) is 19.8. The van der Waals surface area contributed by atoms with E-state index in [4.69, 9.17) is 4.74 Å². The number of sulfone groups is 1. The number of ether oxygens (including phenoxy) is 1. The molecule has 2 aliphatic rings. The SMILES string of the molecule is COc1ccc(C2=C(S(=O)(=O)c3ccccc3)C(=O)N(C)C23C=CC(=O)C=C3)cc1. The Morgan fingerprint density at radius 2 is 1.50 bits per heavy atom. The highest BCUT2D eigenvalue weighted by Crippen LogP contribution is 2.47. The van der Waals surface area contributed by atoms with Gasteiger partial charge in [-0.15, -0.1) is 0 Å². The van der Waals surface area contributed by atoms with E-state index in [1.54, 1.807) is 54.6 Å². The minimum atomic E-state index is -4.12. The monoisotopic (exact) mass is 421 g/mol. The quantitative estimate of drug-likeness (QED) is 0.758. The molecule has 0 saturated carbocycles. The highest BCUT2D eigenvalue weighted by molar-refractivity contribution is 7.96. The zero-order valence-electron chi connectivity index (χ0n) is 16.4. The number of ketones is 1. The first-order valence-corrected chi connectivity index (χ1v) is 10.7. The van der Waals surface area contributed by atoms with E-state index in [-0.39, 0.29) is 15.6 Å². The fourth-order valence-corrected chi connectivity index (χ4v) is 5.45. The third-order valence-electron chi connectivity index (χ3n) is 5.39. The molecular formula is C23H19NO5S. The molecule has 0 radical (unpaired) electrons. The third-order valence-corrected chi connectivity index (χ3v) is 7.19. The summed E-state index contributed by atoms with van der Waals surface area (Å²) in [7, 11) is -1.05. The van der Waals surface area contributed by atoms with Gasteiger partial charge in [0, 0.05) is 12.6 Å². The van der Waals surface area contributed by atoms with E-state index in [1.807, 2.05) is 0 Å². The standard InChI is InChI=1S/C23H19NO5S/c1-24-22(26)21(30(27,28)19-6-4-3-5-7-19)20(16-8-10-18(29-2)11-9-16)23(24)14-12-17(25)13-15-23/h3-15H,1-2H3. The average molecular weight is 421 g/mol. The Balaban J connectivity index is 2.05. The maximum Gasteiger partial charge on any atom is 0.267 e. The van der Waals surface area contributed by atoms with Gasteiger partial charge in [0.15, 0.2) is 5.78 Å². The van der Waals surface area contributed by atoms with Crippen LogP contribution in [0, 0.1) is 0 Å². The van der Waals surface area contributed by atoms with Crippen molar-refractivity contribution >= 4 is 27.1 Å². The minimum Gasteiger partial charge on any atom is -0.497 e. The molecule has 0 fully saturated rings. The lowest BCUT2D eigenvalue weighted by Crippen LogP contribution is -2.43. The summed E-state index contributed by atoms with van der Waals surface area (Å²) in [5.41, 5.74) is -0.329. The molecular weight excluding hydrogens is 402 g/mol. The van der Waals surface area contributed by atoms with Gasteiger partial charge in [0.25, 0.3) is 5.91 Å². The van der Waals surface area contributed by atoms with E-state index in [2.05, 4.69) is 0 Å². The lowest BCUT2D eigenvalue weighted by atomic mass is 9.82. The van der Waals surface area contributed by atoms with Crippen LogP contribution < -0.4 is 4.74 Å². The highest BCUT2D eigenvalue weighted by Gasteiger charge is 2.52. The number of allylic oxidation sites excluding steroid dienone is 2. The fourth-order valence-electron chi connectivity index (χ4n) is 3.78. The van der Waals surface area contributed by atoms with Crippen LogP contribution in [0.4, 0.5) is 0 Å². The molecule has 6 nitrogen and oxygen atoms in total. The smallest absolute Gasteiger partial charge is 0.267 e. The second-order valence-electron chi connectivity index (χ2n) is 7.01. The first-order chi connectivity index (χ1) is 14.3. The van der Waals surface area contributed by atoms with Crippen molar-refractivity contribution in [2.24, 2.45) is 0 Å². The molecule has 0 saturated heterocycles. The second-order valence-corrected chi connectivity index (χ2v) is 8.89. The van der Waals surface area contributed by atoms with Crippen molar-refractivity contribution in [3.8, 4) is 5.75 Å². The van der Waals surface area contributed by atoms with Gasteiger partial charge in [-0.05, 0) is 54.1 Å². The van der Waals surface area contributed by atoms with Gasteiger partial charge in [-0.1, -0.05) is 30.3 Å². The number of hydrogen-bond donors (Lipinski definition) is 0. The summed E-state index contributed by atoms with van der Waals surface area (Å²) >= 11 is 0. The van der Waals surface area contributed by atoms with E-state index in [0.29, 0.717) is 16.9 Å². The maximum atomic E-state index is 13.5. The average Bonchev–Trinajstić information content (AvgIpc) is 2.99. The van der Waals surface area contributed by atoms with E-state index in [9.17, 15) is 18.0 Å². The van der Waals surface area contributed by atoms with Gasteiger partial charge in [-0.2, -0.15) is 0 Å². The van der Waals surface area contributed by atoms with E-state index < -0.39 is 21.3 Å². The number of amides is 1. The Morgan fingerprint density at radius 1 is 0.900 bits per heavy atom. The molecule has 0 bridgehead atoms. The second kappa shape index (κ2) is 7.11. The molecule has 30 heavy (non-hydrogen) atoms. The lowest BCUT2D eigenvalue weighted by molar-refractivity contribution is -0.125. The van der Waals surface area contributed by atoms with E-state index >= 15 is 0 Å². The molecule has 1 spiro atoms. The van der Waals surface area contributed by atoms with Crippen molar-refractivity contribution in [2.75, 3.05) is 14.2 Å². The molecule has 4 rings (SSSR count). The van der Waals surface area contributed by atoms with Crippen LogP contribution in [0.3, 0.4) is 0 Å². The summed E-state index contributed by atoms with van der Waals surface area (Å²) in [5.74, 6) is -0.258. The normalized spacial score (nSPS) is 17.9. The Morgan fingerprint density at radius 3 is 2.07 bits per heavy atom. The molecule has 1 heterocycles. The molecule has 0 unspecified atom stereocenters. The predicted molar refractivity (Wildman–Crippen MR) is 112 cm³/mol. The topological polar surface area (TPSA) is 80.8 Å². The van der Waals surface area contributed by atoms with Crippen LogP contribution in [-0.2, 0) is 19.4 Å². The number of carbonyl (C=O) groups is 2. The van der Waals surface area contributed by atoms with Crippen molar-refractivity contribution in [1.29, 1.82) is 0 Å². The van der Waals surface area contributed by atoms with Crippen LogP contribution in [0.25, 0.3) is 5.57 Å². The molecule has 152 valence electrons. The largest absolute Gasteiger partial charge is 0.497 e. The van der Waals surface area contributed by atoms with Gasteiger partial charge in [-0.3, -0.25) is 9.59 Å². The van der Waals surface area contributed by atoms with Gasteiger partial charge in [-0.25, -0.2) is 8.42 Å². The van der Waals surface area contributed by atoms with Crippen LogP contribution in [-0.4, -0.2) is 44.7 Å². The molecule has 1 aliphatic heterocycles. The number of hydrogen-bond acceptors (Lipinski definition) is 5. The fraction of sp³-hybridized carbons (Fsp3) is 0.130. The molecule has 7 heteroatoms. The number of rotatable bonds is 4. The molecule has 1 aliphatic carbocycles. The van der Waals surface area contributed by atoms with Crippen molar-refractivity contribution in [3.05, 3.63) is 89.4 Å². The number of methoxy groups -OCH3 is 1. The Labute approximate surface area is 174 Å². The van der Waals surface area contributed by atoms with Crippen LogP contribution in [0.15, 0.2) is 88.7 Å². The summed E-state index contributed by atoms with van der Waals surface area (Å²) in [5, 5.41) is 0. The van der Waals surface area contributed by atoms with Gasteiger partial charge in [0.2, 0.25) is 9.84 Å². The predicted octanol–water partition coefficient (Wildman–Crippen LogP) is 2.79. The number of carbonyl (C=O) groups excluding carboxylic acids is 2. The summed E-state index contributed by atoms with van der Waals surface area (Å²) in [6.45, 7) is 0. The summed E-state index contributed by atoms with van der Waals surface area (Å²) < 4.78 is 32.3. The zero-order valence-corrected chi connectivity index (χ0v) is 17.2. The molecule has 0 atom stereocenters. The van der Waals surface area contributed by atoms with Crippen molar-refractivity contribution in [1.82, 2.24) is 4.90 Å². The number of nitrogens with zero attached hydrogens (tertiary/aromatic N) is 1. The van der Waals surface area contributed by atoms with Gasteiger partial charge in [0.1, 0.15) is 16.2 Å². The van der Waals surface area contributed by atoms with Crippen molar-refractivity contribution in [3.63, 3.8) is 0 Å². The van der Waals surface area contributed by atoms with Crippen LogP contribution >= 0.6 is 0 Å². The molecule has 0 N–H and O–H groups in total. The first-order valence-electron chi connectivity index (χ1n) is 9.21. The Kier molecular flexibility index (Phi) is 4.70. The van der Waals surface area contributed by atoms with Crippen LogP contribution in [0.1, 0.15) is 5.56 Å². The van der Waals surface area contributed by atoms with E-state index in [0.717, 1.165) is 0 Å². The lowest BCUT2D eigenvalue weighted by Gasteiger charge is -2.34. The molecule has 2 aromatic rings. The van der Waals surface area contributed by atoms with Gasteiger partial charge < -0.3 is 9.64 Å². The number of benzene rings is 2. The van der Waals surface area contributed by atoms with Crippen LogP contribution in [0.2, 0.25) is 0 Å². The minimum absolute atomic E-state index is 0.0321. The van der Waals surface area contributed by atoms with E-state index in [1.165, 1.54) is 43.3 Å². The van der Waals surface area contributed by atoms with Crippen LogP contribution in [0.5, 0.6) is 5.75 Å². The van der Waals surface area contributed by atoms with Gasteiger partial charge >= 0.3 is 0 Å². The third kappa shape index (κ3) is 2.90. The summed E-state index contributed by atoms with van der Waals surface area (Å²) in [6.07, 6.45) is 5.84. The molecule has 1 amide bonds. The van der Waals surface area contributed by atoms with Crippen molar-refractivity contribution in [2.45, 2.75) is 10.4 Å². The Hall–Kier alpha value is -3.45. The molecule has 2 aromatic carbocycles. The zero-order chi connectivity index (χ0) is 21.5. The van der Waals surface area contributed by atoms with Crippen molar-refractivity contribution < 1.29 is 22.7 Å². The summed E-state index contributed by atoms with van der Waals surface area (Å²) in [4.78, 5) is 26.2. The maximum absolute atomic E-state index is 13.5. The van der Waals surface area contributed by atoms with Gasteiger partial charge in [0.05, 0.1) is 12.0 Å².